The van der Waals surface area contributed by atoms with Gasteiger partial charge >= 0.3 is 10.1 Å². The first-order valence-corrected chi connectivity index (χ1v) is 12.4. The van der Waals surface area contributed by atoms with Crippen molar-refractivity contribution in [3.63, 3.8) is 0 Å². The van der Waals surface area contributed by atoms with Gasteiger partial charge in [-0.3, -0.25) is 4.90 Å². The van der Waals surface area contributed by atoms with Gasteiger partial charge in [0.25, 0.3) is 0 Å². The molecule has 1 fully saturated rings. The van der Waals surface area contributed by atoms with E-state index in [1.54, 1.807) is 44.9 Å². The minimum atomic E-state index is -3.97. The Morgan fingerprint density at radius 1 is 0.941 bits per heavy atom. The monoisotopic (exact) mass is 486 g/mol. The van der Waals surface area contributed by atoms with Gasteiger partial charge in [-0.1, -0.05) is 6.07 Å². The van der Waals surface area contributed by atoms with E-state index in [-0.39, 0.29) is 10.8 Å². The van der Waals surface area contributed by atoms with Crippen molar-refractivity contribution in [2.24, 2.45) is 7.05 Å². The van der Waals surface area contributed by atoms with E-state index in [2.05, 4.69) is 20.9 Å². The predicted octanol–water partition coefficient (Wildman–Crippen LogP) is 2.84. The van der Waals surface area contributed by atoms with Crippen molar-refractivity contribution >= 4 is 15.8 Å². The average molecular weight is 487 g/mol. The van der Waals surface area contributed by atoms with Gasteiger partial charge in [-0.25, -0.2) is 4.98 Å². The molecule has 1 aliphatic heterocycles. The molecular weight excluding hydrogens is 456 g/mol. The summed E-state index contributed by atoms with van der Waals surface area (Å²) >= 11 is 0. The average Bonchev–Trinajstić information content (AvgIpc) is 3.19. The van der Waals surface area contributed by atoms with E-state index in [1.807, 2.05) is 24.3 Å². The number of rotatable bonds is 8. The molecule has 0 amide bonds. The fraction of sp³-hybridized carbons (Fsp3) is 0.375. The van der Waals surface area contributed by atoms with Gasteiger partial charge in [-0.05, 0) is 48.9 Å². The molecule has 0 unspecified atom stereocenters. The van der Waals surface area contributed by atoms with Crippen LogP contribution in [0.2, 0.25) is 0 Å². The maximum atomic E-state index is 12.5. The topological polar surface area (TPSA) is 86.1 Å². The van der Waals surface area contributed by atoms with Crippen LogP contribution in [0.25, 0.3) is 0 Å². The molecule has 0 spiro atoms. The summed E-state index contributed by atoms with van der Waals surface area (Å²) in [5.41, 5.74) is 2.21. The minimum absolute atomic E-state index is 0.0952. The molecule has 2 heterocycles. The summed E-state index contributed by atoms with van der Waals surface area (Å²) in [5.74, 6) is 2.33. The highest BCUT2D eigenvalue weighted by molar-refractivity contribution is 7.87. The number of anilines is 1. The standard InChI is InChI=1S/C24H30N4O5S/c1-18-25-24(17-26(18)2)34(29,30)33-21-8-6-20(7-9-21)28-13-11-27(12-14-28)16-19-5-10-22(31-3)23(15-19)32-4/h5-10,15,17H,11-14,16H2,1-4H3. The van der Waals surface area contributed by atoms with Crippen LogP contribution in [0.1, 0.15) is 11.4 Å². The maximum absolute atomic E-state index is 12.5. The van der Waals surface area contributed by atoms with Crippen LogP contribution < -0.4 is 18.6 Å². The van der Waals surface area contributed by atoms with Gasteiger partial charge < -0.3 is 23.1 Å². The molecule has 2 aromatic carbocycles. The van der Waals surface area contributed by atoms with Gasteiger partial charge in [-0.2, -0.15) is 8.42 Å². The zero-order valence-electron chi connectivity index (χ0n) is 19.9. The minimum Gasteiger partial charge on any atom is -0.493 e. The summed E-state index contributed by atoms with van der Waals surface area (Å²) in [7, 11) is 1.05. The van der Waals surface area contributed by atoms with E-state index >= 15 is 0 Å². The molecule has 0 N–H and O–H groups in total. The molecule has 3 aromatic rings. The first-order valence-electron chi connectivity index (χ1n) is 11.0. The fourth-order valence-electron chi connectivity index (χ4n) is 3.93. The summed E-state index contributed by atoms with van der Waals surface area (Å²) in [6, 6.07) is 13.1. The van der Waals surface area contributed by atoms with Crippen LogP contribution in [0.15, 0.2) is 53.7 Å². The Morgan fingerprint density at radius 2 is 1.62 bits per heavy atom. The van der Waals surface area contributed by atoms with Gasteiger partial charge in [0.05, 0.1) is 14.2 Å². The van der Waals surface area contributed by atoms with Crippen LogP contribution in [0.3, 0.4) is 0 Å². The highest BCUT2D eigenvalue weighted by Crippen LogP contribution is 2.28. The van der Waals surface area contributed by atoms with Crippen molar-refractivity contribution < 1.29 is 22.1 Å². The van der Waals surface area contributed by atoms with Crippen molar-refractivity contribution in [3.05, 3.63) is 60.0 Å². The highest BCUT2D eigenvalue weighted by Gasteiger charge is 2.22. The lowest BCUT2D eigenvalue weighted by molar-refractivity contribution is 0.249. The molecule has 0 atom stereocenters. The van der Waals surface area contributed by atoms with Crippen molar-refractivity contribution in [2.45, 2.75) is 18.5 Å². The third kappa shape index (κ3) is 5.28. The predicted molar refractivity (Wildman–Crippen MR) is 129 cm³/mol. The van der Waals surface area contributed by atoms with E-state index in [1.165, 1.54) is 11.8 Å². The van der Waals surface area contributed by atoms with Crippen molar-refractivity contribution in [2.75, 3.05) is 45.3 Å². The van der Waals surface area contributed by atoms with Crippen molar-refractivity contribution in [1.29, 1.82) is 0 Å². The summed E-state index contributed by atoms with van der Waals surface area (Å²) in [6.07, 6.45) is 1.44. The first kappa shape index (κ1) is 23.9. The maximum Gasteiger partial charge on any atom is 0.358 e. The number of nitrogens with zero attached hydrogens (tertiary/aromatic N) is 4. The summed E-state index contributed by atoms with van der Waals surface area (Å²) in [5, 5.41) is -0.0952. The Bertz CT molecular complexity index is 1210. The summed E-state index contributed by atoms with van der Waals surface area (Å²) < 4.78 is 42.6. The number of imidazole rings is 1. The molecule has 1 aromatic heterocycles. The Morgan fingerprint density at radius 3 is 2.21 bits per heavy atom. The quantitative estimate of drug-likeness (QED) is 0.450. The number of benzene rings is 2. The van der Waals surface area contributed by atoms with Crippen molar-refractivity contribution in [1.82, 2.24) is 14.5 Å². The Kier molecular flexibility index (Phi) is 6.99. The molecule has 0 aliphatic carbocycles. The summed E-state index contributed by atoms with van der Waals surface area (Å²) in [4.78, 5) is 8.73. The van der Waals surface area contributed by atoms with Crippen LogP contribution >= 0.6 is 0 Å². The zero-order valence-corrected chi connectivity index (χ0v) is 20.7. The molecule has 1 aliphatic rings. The van der Waals surface area contributed by atoms with Gasteiger partial charge in [0, 0.05) is 51.7 Å². The number of aromatic nitrogens is 2. The smallest absolute Gasteiger partial charge is 0.358 e. The number of methoxy groups -OCH3 is 2. The fourth-order valence-corrected chi connectivity index (χ4v) is 4.91. The molecule has 1 saturated heterocycles. The van der Waals surface area contributed by atoms with Crippen LogP contribution in [0, 0.1) is 6.92 Å². The highest BCUT2D eigenvalue weighted by atomic mass is 32.2. The van der Waals surface area contributed by atoms with E-state index in [4.69, 9.17) is 13.7 Å². The number of hydrogen-bond acceptors (Lipinski definition) is 8. The van der Waals surface area contributed by atoms with Gasteiger partial charge in [0.2, 0.25) is 5.03 Å². The molecule has 182 valence electrons. The third-order valence-electron chi connectivity index (χ3n) is 5.98. The van der Waals surface area contributed by atoms with Gasteiger partial charge in [-0.15, -0.1) is 0 Å². The molecule has 0 saturated carbocycles. The van der Waals surface area contributed by atoms with Gasteiger partial charge in [0.1, 0.15) is 11.6 Å². The molecule has 10 heteroatoms. The largest absolute Gasteiger partial charge is 0.493 e. The second kappa shape index (κ2) is 9.94. The second-order valence-corrected chi connectivity index (χ2v) is 9.71. The summed E-state index contributed by atoms with van der Waals surface area (Å²) in [6.45, 7) is 6.16. The lowest BCUT2D eigenvalue weighted by Crippen LogP contribution is -2.45. The normalized spacial score (nSPS) is 14.8. The number of aryl methyl sites for hydroxylation is 2. The van der Waals surface area contributed by atoms with E-state index in [0.717, 1.165) is 49.9 Å². The SMILES string of the molecule is COc1ccc(CN2CCN(c3ccc(OS(=O)(=O)c4cn(C)c(C)n4)cc3)CC2)cc1OC. The van der Waals surface area contributed by atoms with E-state index < -0.39 is 10.1 Å². The van der Waals surface area contributed by atoms with Crippen LogP contribution in [0.5, 0.6) is 17.2 Å². The molecule has 0 bridgehead atoms. The Balaban J connectivity index is 1.33. The molecule has 34 heavy (non-hydrogen) atoms. The zero-order chi connectivity index (χ0) is 24.3. The molecule has 9 nitrogen and oxygen atoms in total. The molecular formula is C24H30N4O5S. The first-order chi connectivity index (χ1) is 16.3. The van der Waals surface area contributed by atoms with Crippen LogP contribution in [-0.4, -0.2) is 63.3 Å². The third-order valence-corrected chi connectivity index (χ3v) is 7.10. The lowest BCUT2D eigenvalue weighted by Gasteiger charge is -2.36. The molecule has 4 rings (SSSR count). The number of ether oxygens (including phenoxy) is 2. The Hall–Kier alpha value is -3.24. The second-order valence-electron chi connectivity index (χ2n) is 8.22. The van der Waals surface area contributed by atoms with Crippen LogP contribution in [0.4, 0.5) is 5.69 Å². The van der Waals surface area contributed by atoms with E-state index in [9.17, 15) is 8.42 Å². The molecule has 0 radical (unpaired) electrons. The van der Waals surface area contributed by atoms with Crippen LogP contribution in [-0.2, 0) is 23.7 Å². The Labute approximate surface area is 200 Å². The number of piperazine rings is 1. The number of hydrogen-bond donors (Lipinski definition) is 0. The van der Waals surface area contributed by atoms with E-state index in [0.29, 0.717) is 5.82 Å². The lowest BCUT2D eigenvalue weighted by atomic mass is 10.1. The van der Waals surface area contributed by atoms with Gasteiger partial charge in [0.15, 0.2) is 11.5 Å². The van der Waals surface area contributed by atoms with Crippen molar-refractivity contribution in [3.8, 4) is 17.2 Å².